The Morgan fingerprint density at radius 2 is 1.95 bits per heavy atom. The number of pyridine rings is 1. The quantitative estimate of drug-likeness (QED) is 0.676. The molecule has 0 N–H and O–H groups in total. The smallest absolute Gasteiger partial charge is 0.142 e. The van der Waals surface area contributed by atoms with Gasteiger partial charge in [0.25, 0.3) is 0 Å². The van der Waals surface area contributed by atoms with E-state index in [0.717, 1.165) is 33.7 Å². The monoisotopic (exact) mass is 345 g/mol. The predicted molar refractivity (Wildman–Crippen MR) is 86.7 cm³/mol. The van der Waals surface area contributed by atoms with Crippen molar-refractivity contribution in [1.29, 1.82) is 0 Å². The summed E-state index contributed by atoms with van der Waals surface area (Å²) in [7, 11) is 1.95. The van der Waals surface area contributed by atoms with Crippen LogP contribution in [-0.4, -0.2) is 14.8 Å². The summed E-state index contributed by atoms with van der Waals surface area (Å²) in [5.41, 5.74) is 3.95. The van der Waals surface area contributed by atoms with Crippen molar-refractivity contribution in [3.8, 4) is 5.75 Å². The van der Waals surface area contributed by atoms with Crippen LogP contribution in [-0.2, 0) is 19.0 Å². The van der Waals surface area contributed by atoms with Crippen LogP contribution in [0.25, 0.3) is 10.9 Å². The zero-order chi connectivity index (χ0) is 14.8. The highest BCUT2D eigenvalue weighted by Crippen LogP contribution is 2.23. The van der Waals surface area contributed by atoms with E-state index in [-0.39, 0.29) is 0 Å². The Balaban J connectivity index is 1.87. The number of hydrogen-bond acceptors (Lipinski definition) is 3. The number of halogens is 1. The number of aryl methyl sites for hydroxylation is 2. The second kappa shape index (κ2) is 5.85. The van der Waals surface area contributed by atoms with Gasteiger partial charge in [-0.15, -0.1) is 0 Å². The van der Waals surface area contributed by atoms with E-state index in [2.05, 4.69) is 38.1 Å². The van der Waals surface area contributed by atoms with E-state index in [9.17, 15) is 0 Å². The summed E-state index contributed by atoms with van der Waals surface area (Å²) in [6, 6.07) is 12.1. The Labute approximate surface area is 131 Å². The number of benzene rings is 1. The average Bonchev–Trinajstić information content (AvgIpc) is 2.83. The minimum Gasteiger partial charge on any atom is -0.485 e. The largest absolute Gasteiger partial charge is 0.485 e. The molecule has 0 aliphatic rings. The van der Waals surface area contributed by atoms with E-state index >= 15 is 0 Å². The van der Waals surface area contributed by atoms with Crippen molar-refractivity contribution in [2.24, 2.45) is 7.05 Å². The summed E-state index contributed by atoms with van der Waals surface area (Å²) in [5.74, 6) is 0.798. The maximum Gasteiger partial charge on any atom is 0.142 e. The Morgan fingerprint density at radius 1 is 1.14 bits per heavy atom. The van der Waals surface area contributed by atoms with Gasteiger partial charge in [-0.1, -0.05) is 34.1 Å². The van der Waals surface area contributed by atoms with Crippen LogP contribution in [0.4, 0.5) is 0 Å². The highest BCUT2D eigenvalue weighted by Gasteiger charge is 2.10. The number of alkyl halides is 1. The van der Waals surface area contributed by atoms with E-state index in [0.29, 0.717) is 11.9 Å². The molecule has 0 atom stereocenters. The van der Waals surface area contributed by atoms with Crippen LogP contribution in [0.2, 0.25) is 0 Å². The number of aromatic nitrogens is 3. The van der Waals surface area contributed by atoms with Gasteiger partial charge >= 0.3 is 0 Å². The Hall–Kier alpha value is -1.88. The van der Waals surface area contributed by atoms with Gasteiger partial charge in [-0.3, -0.25) is 9.67 Å². The lowest BCUT2D eigenvalue weighted by Gasteiger charge is -2.09. The summed E-state index contributed by atoms with van der Waals surface area (Å²) in [5, 5.41) is 6.34. The second-order valence-corrected chi connectivity index (χ2v) is 5.47. The van der Waals surface area contributed by atoms with Crippen LogP contribution >= 0.6 is 15.9 Å². The summed E-state index contributed by atoms with van der Waals surface area (Å²) < 4.78 is 7.80. The summed E-state index contributed by atoms with van der Waals surface area (Å²) in [6.07, 6.45) is 0. The van der Waals surface area contributed by atoms with Gasteiger partial charge < -0.3 is 4.74 Å². The molecule has 5 heteroatoms. The minimum atomic E-state index is 0.437. The van der Waals surface area contributed by atoms with Crippen LogP contribution in [0.1, 0.15) is 17.1 Å². The van der Waals surface area contributed by atoms with Crippen molar-refractivity contribution in [2.45, 2.75) is 18.9 Å². The zero-order valence-corrected chi connectivity index (χ0v) is 13.6. The first-order valence-electron chi connectivity index (χ1n) is 6.75. The van der Waals surface area contributed by atoms with Crippen LogP contribution in [0.3, 0.4) is 0 Å². The van der Waals surface area contributed by atoms with Gasteiger partial charge in [0.2, 0.25) is 0 Å². The summed E-state index contributed by atoms with van der Waals surface area (Å²) >= 11 is 3.45. The molecule has 0 aliphatic heterocycles. The molecule has 1 aromatic carbocycles. The SMILES string of the molecule is Cc1ccc(OCc2nn(C)c3ccccc23)c(CBr)n1. The molecule has 0 unspecified atom stereocenters. The predicted octanol–water partition coefficient (Wildman–Crippen LogP) is 3.75. The number of ether oxygens (including phenoxy) is 1. The maximum absolute atomic E-state index is 5.92. The van der Waals surface area contributed by atoms with Gasteiger partial charge in [-0.25, -0.2) is 0 Å². The molecule has 0 spiro atoms. The molecule has 3 aromatic rings. The third-order valence-electron chi connectivity index (χ3n) is 3.40. The number of nitrogens with zero attached hydrogens (tertiary/aromatic N) is 3. The third kappa shape index (κ3) is 2.78. The first-order chi connectivity index (χ1) is 10.2. The van der Waals surface area contributed by atoms with E-state index in [1.807, 2.05) is 42.9 Å². The van der Waals surface area contributed by atoms with E-state index in [1.54, 1.807) is 0 Å². The Morgan fingerprint density at radius 3 is 2.76 bits per heavy atom. The molecule has 21 heavy (non-hydrogen) atoms. The number of para-hydroxylation sites is 1. The van der Waals surface area contributed by atoms with E-state index in [4.69, 9.17) is 4.74 Å². The molecule has 0 fully saturated rings. The lowest BCUT2D eigenvalue weighted by Crippen LogP contribution is -2.01. The molecule has 2 heterocycles. The maximum atomic E-state index is 5.92. The number of rotatable bonds is 4. The fourth-order valence-electron chi connectivity index (χ4n) is 2.37. The molecule has 0 aliphatic carbocycles. The molecular weight excluding hydrogens is 330 g/mol. The van der Waals surface area contributed by atoms with Gasteiger partial charge in [-0.05, 0) is 25.1 Å². The van der Waals surface area contributed by atoms with Crippen molar-refractivity contribution < 1.29 is 4.74 Å². The topological polar surface area (TPSA) is 39.9 Å². The first-order valence-corrected chi connectivity index (χ1v) is 7.87. The highest BCUT2D eigenvalue weighted by atomic mass is 79.9. The lowest BCUT2D eigenvalue weighted by atomic mass is 10.2. The molecule has 4 nitrogen and oxygen atoms in total. The molecule has 0 saturated carbocycles. The second-order valence-electron chi connectivity index (χ2n) is 4.91. The normalized spacial score (nSPS) is 11.0. The number of fused-ring (bicyclic) bond motifs is 1. The van der Waals surface area contributed by atoms with Crippen LogP contribution in [0.15, 0.2) is 36.4 Å². The zero-order valence-electron chi connectivity index (χ0n) is 12.0. The van der Waals surface area contributed by atoms with E-state index in [1.165, 1.54) is 0 Å². The van der Waals surface area contributed by atoms with Crippen LogP contribution in [0.5, 0.6) is 5.75 Å². The van der Waals surface area contributed by atoms with Gasteiger partial charge in [0, 0.05) is 23.5 Å². The molecule has 0 amide bonds. The molecule has 2 aromatic heterocycles. The van der Waals surface area contributed by atoms with Crippen LogP contribution < -0.4 is 4.74 Å². The fraction of sp³-hybridized carbons (Fsp3) is 0.250. The first kappa shape index (κ1) is 14.1. The fourth-order valence-corrected chi connectivity index (χ4v) is 2.77. The highest BCUT2D eigenvalue weighted by molar-refractivity contribution is 9.08. The van der Waals surface area contributed by atoms with Crippen LogP contribution in [0, 0.1) is 6.92 Å². The molecular formula is C16H16BrN3O. The average molecular weight is 346 g/mol. The van der Waals surface area contributed by atoms with Gasteiger partial charge in [0.1, 0.15) is 18.1 Å². The summed E-state index contributed by atoms with van der Waals surface area (Å²) in [6.45, 7) is 2.41. The summed E-state index contributed by atoms with van der Waals surface area (Å²) in [4.78, 5) is 4.47. The molecule has 108 valence electrons. The Bertz CT molecular complexity index is 782. The van der Waals surface area contributed by atoms with Crippen molar-refractivity contribution >= 4 is 26.8 Å². The molecule has 0 bridgehead atoms. The Kier molecular flexibility index (Phi) is 3.92. The van der Waals surface area contributed by atoms with Gasteiger partial charge in [-0.2, -0.15) is 5.10 Å². The minimum absolute atomic E-state index is 0.437. The standard InChI is InChI=1S/C16H16BrN3O/c1-11-7-8-16(13(9-17)18-11)21-10-14-12-5-3-4-6-15(12)20(2)19-14/h3-8H,9-10H2,1-2H3. The van der Waals surface area contributed by atoms with Crippen molar-refractivity contribution in [3.63, 3.8) is 0 Å². The van der Waals surface area contributed by atoms with Crippen molar-refractivity contribution in [2.75, 3.05) is 0 Å². The van der Waals surface area contributed by atoms with Crippen molar-refractivity contribution in [1.82, 2.24) is 14.8 Å². The number of hydrogen-bond donors (Lipinski definition) is 0. The van der Waals surface area contributed by atoms with Gasteiger partial charge in [0.05, 0.1) is 11.2 Å². The van der Waals surface area contributed by atoms with E-state index < -0.39 is 0 Å². The molecule has 3 rings (SSSR count). The lowest BCUT2D eigenvalue weighted by molar-refractivity contribution is 0.297. The molecule has 0 saturated heterocycles. The van der Waals surface area contributed by atoms with Gasteiger partial charge in [0.15, 0.2) is 0 Å². The molecule has 0 radical (unpaired) electrons. The third-order valence-corrected chi connectivity index (χ3v) is 3.93. The van der Waals surface area contributed by atoms with Crippen molar-refractivity contribution in [3.05, 3.63) is 53.5 Å².